The van der Waals surface area contributed by atoms with Gasteiger partial charge in [0, 0.05) is 6.54 Å². The summed E-state index contributed by atoms with van der Waals surface area (Å²) in [4.78, 5) is 12.4. The predicted octanol–water partition coefficient (Wildman–Crippen LogP) is 2.63. The highest BCUT2D eigenvalue weighted by Gasteiger charge is 2.37. The lowest BCUT2D eigenvalue weighted by Gasteiger charge is -2.29. The Labute approximate surface area is 111 Å². The Kier molecular flexibility index (Phi) is 7.35. The average molecular weight is 258 g/mol. The standard InChI is InChI=1S/C13H26N2OS/c1-5-13(6-2,11(14)17)12(16)15-9-7-8-10(3)4/h10H,5-9H2,1-4H3,(H2,14,17)(H,15,16). The molecular weight excluding hydrogens is 232 g/mol. The molecule has 0 aliphatic heterocycles. The SMILES string of the molecule is CCC(CC)(C(=O)NCCCC(C)C)C(N)=S. The van der Waals surface area contributed by atoms with E-state index < -0.39 is 5.41 Å². The Morgan fingerprint density at radius 2 is 1.88 bits per heavy atom. The van der Waals surface area contributed by atoms with Gasteiger partial charge in [-0.3, -0.25) is 4.79 Å². The zero-order valence-electron chi connectivity index (χ0n) is 11.5. The van der Waals surface area contributed by atoms with Crippen LogP contribution < -0.4 is 11.1 Å². The van der Waals surface area contributed by atoms with Gasteiger partial charge in [-0.05, 0) is 31.6 Å². The second kappa shape index (κ2) is 7.64. The number of nitrogens with one attached hydrogen (secondary N) is 1. The van der Waals surface area contributed by atoms with Gasteiger partial charge in [0.25, 0.3) is 0 Å². The summed E-state index contributed by atoms with van der Waals surface area (Å²) in [5, 5.41) is 2.96. The summed E-state index contributed by atoms with van der Waals surface area (Å²) in [6.07, 6.45) is 3.45. The Hall–Kier alpha value is -0.640. The van der Waals surface area contributed by atoms with Crippen LogP contribution in [0.1, 0.15) is 53.4 Å². The molecule has 0 unspecified atom stereocenters. The van der Waals surface area contributed by atoms with E-state index in [0.29, 0.717) is 30.3 Å². The van der Waals surface area contributed by atoms with Crippen molar-refractivity contribution < 1.29 is 4.79 Å². The van der Waals surface area contributed by atoms with Gasteiger partial charge in [0.05, 0.1) is 10.4 Å². The topological polar surface area (TPSA) is 55.1 Å². The molecule has 0 heterocycles. The van der Waals surface area contributed by atoms with Crippen molar-refractivity contribution in [3.63, 3.8) is 0 Å². The Balaban J connectivity index is 4.31. The molecule has 0 atom stereocenters. The lowest BCUT2D eigenvalue weighted by molar-refractivity contribution is -0.127. The van der Waals surface area contributed by atoms with Crippen LogP contribution >= 0.6 is 12.2 Å². The van der Waals surface area contributed by atoms with E-state index in [1.807, 2.05) is 13.8 Å². The van der Waals surface area contributed by atoms with Crippen molar-refractivity contribution in [1.82, 2.24) is 5.32 Å². The third-order valence-electron chi connectivity index (χ3n) is 3.36. The molecule has 0 radical (unpaired) electrons. The van der Waals surface area contributed by atoms with Gasteiger partial charge < -0.3 is 11.1 Å². The first kappa shape index (κ1) is 16.4. The Morgan fingerprint density at radius 1 is 1.35 bits per heavy atom. The van der Waals surface area contributed by atoms with Crippen molar-refractivity contribution in [2.24, 2.45) is 17.1 Å². The molecule has 17 heavy (non-hydrogen) atoms. The van der Waals surface area contributed by atoms with E-state index in [1.165, 1.54) is 0 Å². The summed E-state index contributed by atoms with van der Waals surface area (Å²) in [7, 11) is 0. The fourth-order valence-corrected chi connectivity index (χ4v) is 2.29. The smallest absolute Gasteiger partial charge is 0.233 e. The number of amides is 1. The quantitative estimate of drug-likeness (QED) is 0.520. The minimum atomic E-state index is -0.660. The van der Waals surface area contributed by atoms with Crippen LogP contribution in [0.5, 0.6) is 0 Å². The molecule has 1 amide bonds. The first-order chi connectivity index (χ1) is 7.90. The van der Waals surface area contributed by atoms with Crippen LogP contribution in [0.4, 0.5) is 0 Å². The molecule has 0 aliphatic rings. The van der Waals surface area contributed by atoms with E-state index in [-0.39, 0.29) is 5.91 Å². The average Bonchev–Trinajstić information content (AvgIpc) is 2.26. The molecule has 0 bridgehead atoms. The maximum absolute atomic E-state index is 12.1. The Bertz CT molecular complexity index is 260. The highest BCUT2D eigenvalue weighted by Crippen LogP contribution is 2.27. The van der Waals surface area contributed by atoms with Crippen LogP contribution in [0.15, 0.2) is 0 Å². The molecule has 0 aromatic heterocycles. The van der Waals surface area contributed by atoms with Crippen molar-refractivity contribution in [2.75, 3.05) is 6.54 Å². The lowest BCUT2D eigenvalue weighted by atomic mass is 9.81. The van der Waals surface area contributed by atoms with Crippen LogP contribution in [-0.2, 0) is 4.79 Å². The van der Waals surface area contributed by atoms with Gasteiger partial charge >= 0.3 is 0 Å². The van der Waals surface area contributed by atoms with Crippen molar-refractivity contribution in [3.8, 4) is 0 Å². The number of rotatable bonds is 8. The van der Waals surface area contributed by atoms with E-state index in [1.54, 1.807) is 0 Å². The zero-order valence-corrected chi connectivity index (χ0v) is 12.3. The monoisotopic (exact) mass is 258 g/mol. The molecule has 3 nitrogen and oxygen atoms in total. The zero-order chi connectivity index (χ0) is 13.5. The molecule has 100 valence electrons. The molecule has 0 aromatic rings. The second-order valence-electron chi connectivity index (χ2n) is 4.95. The van der Waals surface area contributed by atoms with Crippen molar-refractivity contribution >= 4 is 23.1 Å². The summed E-state index contributed by atoms with van der Waals surface area (Å²) < 4.78 is 0. The van der Waals surface area contributed by atoms with Crippen LogP contribution in [0, 0.1) is 11.3 Å². The van der Waals surface area contributed by atoms with Crippen LogP contribution in [-0.4, -0.2) is 17.4 Å². The van der Waals surface area contributed by atoms with Crippen molar-refractivity contribution in [1.29, 1.82) is 0 Å². The number of carbonyl (C=O) groups is 1. The molecule has 0 fully saturated rings. The van der Waals surface area contributed by atoms with Gasteiger partial charge in [-0.15, -0.1) is 0 Å². The number of carbonyl (C=O) groups excluding carboxylic acids is 1. The fraction of sp³-hybridized carbons (Fsp3) is 0.846. The molecule has 0 spiro atoms. The first-order valence-electron chi connectivity index (χ1n) is 6.48. The summed E-state index contributed by atoms with van der Waals surface area (Å²) in [6, 6.07) is 0. The highest BCUT2D eigenvalue weighted by molar-refractivity contribution is 7.80. The molecular formula is C13H26N2OS. The van der Waals surface area contributed by atoms with Crippen LogP contribution in [0.3, 0.4) is 0 Å². The van der Waals surface area contributed by atoms with Gasteiger partial charge in [0.2, 0.25) is 5.91 Å². The molecule has 3 N–H and O–H groups in total. The van der Waals surface area contributed by atoms with Gasteiger partial charge in [-0.2, -0.15) is 0 Å². The first-order valence-corrected chi connectivity index (χ1v) is 6.89. The molecule has 0 rings (SSSR count). The highest BCUT2D eigenvalue weighted by atomic mass is 32.1. The molecule has 0 aromatic carbocycles. The van der Waals surface area contributed by atoms with Crippen molar-refractivity contribution in [2.45, 2.75) is 53.4 Å². The molecule has 0 saturated heterocycles. The number of nitrogens with two attached hydrogens (primary N) is 1. The van der Waals surface area contributed by atoms with Crippen LogP contribution in [0.25, 0.3) is 0 Å². The van der Waals surface area contributed by atoms with Gasteiger partial charge in [-0.1, -0.05) is 39.9 Å². The predicted molar refractivity (Wildman–Crippen MR) is 76.9 cm³/mol. The maximum atomic E-state index is 12.1. The fourth-order valence-electron chi connectivity index (χ4n) is 1.91. The summed E-state index contributed by atoms with van der Waals surface area (Å²) in [5.74, 6) is 0.656. The van der Waals surface area contributed by atoms with E-state index in [9.17, 15) is 4.79 Å². The second-order valence-corrected chi connectivity index (χ2v) is 5.39. The lowest BCUT2D eigenvalue weighted by Crippen LogP contribution is -2.48. The number of hydrogen-bond donors (Lipinski definition) is 2. The summed E-state index contributed by atoms with van der Waals surface area (Å²) >= 11 is 5.04. The summed E-state index contributed by atoms with van der Waals surface area (Å²) in [6.45, 7) is 8.98. The largest absolute Gasteiger partial charge is 0.392 e. The van der Waals surface area contributed by atoms with Gasteiger partial charge in [-0.25, -0.2) is 0 Å². The molecule has 0 saturated carbocycles. The van der Waals surface area contributed by atoms with E-state index >= 15 is 0 Å². The van der Waals surface area contributed by atoms with Crippen molar-refractivity contribution in [3.05, 3.63) is 0 Å². The maximum Gasteiger partial charge on any atom is 0.233 e. The van der Waals surface area contributed by atoms with Gasteiger partial charge in [0.1, 0.15) is 0 Å². The molecule has 4 heteroatoms. The Morgan fingerprint density at radius 3 is 2.24 bits per heavy atom. The molecule has 0 aliphatic carbocycles. The number of thiocarbonyl (C=S) groups is 1. The minimum absolute atomic E-state index is 0.0150. The van der Waals surface area contributed by atoms with E-state index in [2.05, 4.69) is 19.2 Å². The van der Waals surface area contributed by atoms with E-state index in [4.69, 9.17) is 18.0 Å². The van der Waals surface area contributed by atoms with E-state index in [0.717, 1.165) is 12.8 Å². The third-order valence-corrected chi connectivity index (χ3v) is 3.75. The third kappa shape index (κ3) is 4.62. The van der Waals surface area contributed by atoms with Gasteiger partial charge in [0.15, 0.2) is 0 Å². The van der Waals surface area contributed by atoms with Crippen LogP contribution in [0.2, 0.25) is 0 Å². The summed E-state index contributed by atoms with van der Waals surface area (Å²) in [5.41, 5.74) is 5.06. The normalized spacial score (nSPS) is 11.6. The minimum Gasteiger partial charge on any atom is -0.392 e. The number of hydrogen-bond acceptors (Lipinski definition) is 2.